The van der Waals surface area contributed by atoms with E-state index in [1.165, 1.54) is 12.1 Å². The third-order valence-electron chi connectivity index (χ3n) is 3.92. The number of piperazine rings is 1. The average molecular weight is 302 g/mol. The van der Waals surface area contributed by atoms with Gasteiger partial charge in [-0.15, -0.1) is 0 Å². The number of halogens is 1. The van der Waals surface area contributed by atoms with Crippen LogP contribution in [0.4, 0.5) is 10.1 Å². The summed E-state index contributed by atoms with van der Waals surface area (Å²) < 4.78 is 13.0. The molecular formula is C16H19FN4O. The number of aryl methyl sites for hydroxylation is 1. The summed E-state index contributed by atoms with van der Waals surface area (Å²) in [6, 6.07) is 8.38. The van der Waals surface area contributed by atoms with Crippen molar-refractivity contribution in [1.29, 1.82) is 0 Å². The lowest BCUT2D eigenvalue weighted by Crippen LogP contribution is -2.49. The maximum atomic E-state index is 13.0. The Morgan fingerprint density at radius 1 is 1.23 bits per heavy atom. The van der Waals surface area contributed by atoms with Gasteiger partial charge < -0.3 is 9.80 Å². The Morgan fingerprint density at radius 3 is 2.50 bits per heavy atom. The van der Waals surface area contributed by atoms with Crippen LogP contribution in [0.5, 0.6) is 0 Å². The molecule has 1 aromatic carbocycles. The van der Waals surface area contributed by atoms with Crippen molar-refractivity contribution in [3.63, 3.8) is 0 Å². The van der Waals surface area contributed by atoms with Gasteiger partial charge in [0.15, 0.2) is 0 Å². The summed E-state index contributed by atoms with van der Waals surface area (Å²) in [5, 5.41) is 6.95. The van der Waals surface area contributed by atoms with Crippen molar-refractivity contribution in [2.24, 2.45) is 0 Å². The van der Waals surface area contributed by atoms with Gasteiger partial charge >= 0.3 is 0 Å². The minimum atomic E-state index is -0.230. The number of aromatic nitrogens is 2. The highest BCUT2D eigenvalue weighted by molar-refractivity contribution is 5.78. The van der Waals surface area contributed by atoms with Crippen LogP contribution in [0.25, 0.3) is 0 Å². The zero-order chi connectivity index (χ0) is 15.5. The maximum absolute atomic E-state index is 13.0. The first kappa shape index (κ1) is 14.6. The molecule has 1 saturated heterocycles. The van der Waals surface area contributed by atoms with Crippen molar-refractivity contribution in [3.05, 3.63) is 47.5 Å². The summed E-state index contributed by atoms with van der Waals surface area (Å²) in [7, 11) is 0. The Hall–Kier alpha value is -2.37. The number of carbonyl (C=O) groups excluding carboxylic acids is 1. The highest BCUT2D eigenvalue weighted by atomic mass is 19.1. The van der Waals surface area contributed by atoms with Gasteiger partial charge in [0.25, 0.3) is 0 Å². The number of H-pyrrole nitrogens is 1. The summed E-state index contributed by atoms with van der Waals surface area (Å²) in [6.45, 7) is 4.80. The lowest BCUT2D eigenvalue weighted by molar-refractivity contribution is -0.130. The lowest BCUT2D eigenvalue weighted by Gasteiger charge is -2.36. The zero-order valence-electron chi connectivity index (χ0n) is 12.6. The van der Waals surface area contributed by atoms with E-state index in [1.807, 2.05) is 17.9 Å². The fourth-order valence-corrected chi connectivity index (χ4v) is 2.70. The molecule has 0 bridgehead atoms. The van der Waals surface area contributed by atoms with Crippen molar-refractivity contribution in [1.82, 2.24) is 15.1 Å². The van der Waals surface area contributed by atoms with E-state index >= 15 is 0 Å². The quantitative estimate of drug-likeness (QED) is 0.940. The number of aromatic amines is 1. The van der Waals surface area contributed by atoms with Crippen molar-refractivity contribution < 1.29 is 9.18 Å². The number of hydrogen-bond donors (Lipinski definition) is 1. The molecule has 0 unspecified atom stereocenters. The SMILES string of the molecule is Cc1cc(CC(=O)N2CCN(c3ccc(F)cc3)CC2)n[nH]1. The van der Waals surface area contributed by atoms with E-state index in [-0.39, 0.29) is 11.7 Å². The standard InChI is InChI=1S/C16H19FN4O/c1-12-10-14(19-18-12)11-16(22)21-8-6-20(7-9-21)15-4-2-13(17)3-5-15/h2-5,10H,6-9,11H2,1H3,(H,18,19). The van der Waals surface area contributed by atoms with Gasteiger partial charge in [0.05, 0.1) is 12.1 Å². The molecule has 0 spiro atoms. The predicted octanol–water partition coefficient (Wildman–Crippen LogP) is 1.75. The number of amides is 1. The second-order valence-corrected chi connectivity index (χ2v) is 5.56. The Kier molecular flexibility index (Phi) is 4.09. The molecule has 2 heterocycles. The first-order chi connectivity index (χ1) is 10.6. The van der Waals surface area contributed by atoms with Crippen LogP contribution < -0.4 is 4.90 Å². The molecule has 1 amide bonds. The van der Waals surface area contributed by atoms with E-state index in [2.05, 4.69) is 15.1 Å². The van der Waals surface area contributed by atoms with E-state index < -0.39 is 0 Å². The largest absolute Gasteiger partial charge is 0.368 e. The predicted molar refractivity (Wildman–Crippen MR) is 82.2 cm³/mol. The van der Waals surface area contributed by atoms with Gasteiger partial charge in [-0.3, -0.25) is 9.89 Å². The first-order valence-electron chi connectivity index (χ1n) is 7.41. The van der Waals surface area contributed by atoms with Gasteiger partial charge in [0.1, 0.15) is 5.82 Å². The molecule has 116 valence electrons. The third-order valence-corrected chi connectivity index (χ3v) is 3.92. The molecule has 1 aliphatic heterocycles. The number of carbonyl (C=O) groups is 1. The average Bonchev–Trinajstić information content (AvgIpc) is 2.93. The number of hydrogen-bond acceptors (Lipinski definition) is 3. The Labute approximate surface area is 128 Å². The normalized spacial score (nSPS) is 15.2. The summed E-state index contributed by atoms with van der Waals surface area (Å²) in [5.41, 5.74) is 2.74. The highest BCUT2D eigenvalue weighted by Gasteiger charge is 2.21. The summed E-state index contributed by atoms with van der Waals surface area (Å²) >= 11 is 0. The van der Waals surface area contributed by atoms with Gasteiger partial charge in [-0.2, -0.15) is 5.10 Å². The van der Waals surface area contributed by atoms with Crippen molar-refractivity contribution >= 4 is 11.6 Å². The molecular weight excluding hydrogens is 283 g/mol. The van der Waals surface area contributed by atoms with Crippen LogP contribution in [0.1, 0.15) is 11.4 Å². The minimum Gasteiger partial charge on any atom is -0.368 e. The Balaban J connectivity index is 1.54. The van der Waals surface area contributed by atoms with E-state index in [9.17, 15) is 9.18 Å². The number of rotatable bonds is 3. The summed E-state index contributed by atoms with van der Waals surface area (Å²) in [4.78, 5) is 16.3. The lowest BCUT2D eigenvalue weighted by atomic mass is 10.2. The third kappa shape index (κ3) is 3.27. The van der Waals surface area contributed by atoms with Crippen LogP contribution in [0.3, 0.4) is 0 Å². The van der Waals surface area contributed by atoms with Crippen LogP contribution in [0, 0.1) is 12.7 Å². The van der Waals surface area contributed by atoms with Gasteiger partial charge in [0, 0.05) is 37.6 Å². The monoisotopic (exact) mass is 302 g/mol. The van der Waals surface area contributed by atoms with Crippen molar-refractivity contribution in [2.45, 2.75) is 13.3 Å². The molecule has 6 heteroatoms. The fraction of sp³-hybridized carbons (Fsp3) is 0.375. The number of nitrogens with one attached hydrogen (secondary N) is 1. The van der Waals surface area contributed by atoms with Gasteiger partial charge in [-0.05, 0) is 37.3 Å². The van der Waals surface area contributed by atoms with Gasteiger partial charge in [-0.1, -0.05) is 0 Å². The molecule has 3 rings (SSSR count). The van der Waals surface area contributed by atoms with Crippen molar-refractivity contribution in [2.75, 3.05) is 31.1 Å². The molecule has 0 saturated carbocycles. The molecule has 0 radical (unpaired) electrons. The Morgan fingerprint density at radius 2 is 1.91 bits per heavy atom. The molecule has 0 atom stereocenters. The molecule has 2 aromatic rings. The van der Waals surface area contributed by atoms with Crippen molar-refractivity contribution in [3.8, 4) is 0 Å². The fourth-order valence-electron chi connectivity index (χ4n) is 2.70. The Bertz CT molecular complexity index is 644. The van der Waals surface area contributed by atoms with Crippen LogP contribution >= 0.6 is 0 Å². The molecule has 1 N–H and O–H groups in total. The number of benzene rings is 1. The summed E-state index contributed by atoms with van der Waals surface area (Å²) in [6.07, 6.45) is 0.334. The van der Waals surface area contributed by atoms with E-state index in [1.54, 1.807) is 12.1 Å². The smallest absolute Gasteiger partial charge is 0.228 e. The second kappa shape index (κ2) is 6.17. The van der Waals surface area contributed by atoms with E-state index in [4.69, 9.17) is 0 Å². The second-order valence-electron chi connectivity index (χ2n) is 5.56. The maximum Gasteiger partial charge on any atom is 0.228 e. The highest BCUT2D eigenvalue weighted by Crippen LogP contribution is 2.17. The molecule has 0 aliphatic carbocycles. The zero-order valence-corrected chi connectivity index (χ0v) is 12.6. The molecule has 1 aliphatic rings. The van der Waals surface area contributed by atoms with Crippen LogP contribution in [0.15, 0.2) is 30.3 Å². The van der Waals surface area contributed by atoms with Crippen LogP contribution in [-0.4, -0.2) is 47.2 Å². The van der Waals surface area contributed by atoms with Gasteiger partial charge in [0.2, 0.25) is 5.91 Å². The molecule has 1 aromatic heterocycles. The topological polar surface area (TPSA) is 52.2 Å². The van der Waals surface area contributed by atoms with Crippen LogP contribution in [0.2, 0.25) is 0 Å². The summed E-state index contributed by atoms with van der Waals surface area (Å²) in [5.74, 6) is -0.128. The van der Waals surface area contributed by atoms with Crippen LogP contribution in [-0.2, 0) is 11.2 Å². The minimum absolute atomic E-state index is 0.102. The molecule has 1 fully saturated rings. The van der Waals surface area contributed by atoms with Gasteiger partial charge in [-0.25, -0.2) is 4.39 Å². The van der Waals surface area contributed by atoms with E-state index in [0.717, 1.165) is 30.2 Å². The number of nitrogens with zero attached hydrogens (tertiary/aromatic N) is 3. The number of anilines is 1. The van der Waals surface area contributed by atoms with E-state index in [0.29, 0.717) is 19.5 Å². The first-order valence-corrected chi connectivity index (χ1v) is 7.41. The molecule has 22 heavy (non-hydrogen) atoms. The molecule has 5 nitrogen and oxygen atoms in total.